The van der Waals surface area contributed by atoms with E-state index in [9.17, 15) is 26.4 Å². The molecule has 0 aliphatic rings. The van der Waals surface area contributed by atoms with Crippen molar-refractivity contribution >= 4 is 31.9 Å². The van der Waals surface area contributed by atoms with Crippen molar-refractivity contribution in [3.63, 3.8) is 0 Å². The molecule has 0 saturated carbocycles. The molecule has 1 rings (SSSR count). The first-order valence-electron chi connectivity index (χ1n) is 5.47. The van der Waals surface area contributed by atoms with E-state index in [1.807, 2.05) is 0 Å². The highest BCUT2D eigenvalue weighted by atomic mass is 79.9. The Morgan fingerprint density at radius 1 is 1.48 bits per heavy atom. The molecule has 0 amide bonds. The number of furan rings is 1. The summed E-state index contributed by atoms with van der Waals surface area (Å²) in [6.45, 7) is 0.859. The van der Waals surface area contributed by atoms with Crippen molar-refractivity contribution in [1.82, 2.24) is 4.31 Å². The third kappa shape index (κ3) is 4.20. The molecule has 1 aromatic rings. The SMILES string of the molecule is CC(C)N(CC(F)(F)F)S(=O)(=O)c1cc(C(=O)O)oc1Br. The van der Waals surface area contributed by atoms with Gasteiger partial charge in [-0.1, -0.05) is 0 Å². The number of carboxylic acid groups (broad SMARTS) is 1. The fourth-order valence-electron chi connectivity index (χ4n) is 1.48. The lowest BCUT2D eigenvalue weighted by atomic mass is 10.4. The lowest BCUT2D eigenvalue weighted by Gasteiger charge is -2.26. The highest BCUT2D eigenvalue weighted by molar-refractivity contribution is 9.10. The Bertz CT molecular complexity index is 638. The van der Waals surface area contributed by atoms with Crippen LogP contribution >= 0.6 is 15.9 Å². The molecule has 0 atom stereocenters. The van der Waals surface area contributed by atoms with Gasteiger partial charge in [0.25, 0.3) is 0 Å². The highest BCUT2D eigenvalue weighted by Crippen LogP contribution is 2.31. The van der Waals surface area contributed by atoms with Crippen LogP contribution in [0.3, 0.4) is 0 Å². The Morgan fingerprint density at radius 3 is 2.33 bits per heavy atom. The van der Waals surface area contributed by atoms with E-state index in [0.29, 0.717) is 6.07 Å². The van der Waals surface area contributed by atoms with Crippen LogP contribution in [0.25, 0.3) is 0 Å². The minimum Gasteiger partial charge on any atom is -0.475 e. The van der Waals surface area contributed by atoms with Gasteiger partial charge in [0.2, 0.25) is 15.8 Å². The van der Waals surface area contributed by atoms with Crippen LogP contribution in [0.15, 0.2) is 20.0 Å². The molecule has 0 saturated heterocycles. The third-order valence-electron chi connectivity index (χ3n) is 2.36. The van der Waals surface area contributed by atoms with Crippen molar-refractivity contribution in [2.75, 3.05) is 6.54 Å². The Kier molecular flexibility index (Phi) is 5.11. The fourth-order valence-corrected chi connectivity index (χ4v) is 4.01. The van der Waals surface area contributed by atoms with E-state index in [1.165, 1.54) is 13.8 Å². The fraction of sp³-hybridized carbons (Fsp3) is 0.500. The van der Waals surface area contributed by atoms with Crippen LogP contribution in [0, 0.1) is 0 Å². The first-order valence-corrected chi connectivity index (χ1v) is 7.71. The van der Waals surface area contributed by atoms with E-state index in [1.54, 1.807) is 0 Å². The number of nitrogens with zero attached hydrogens (tertiary/aromatic N) is 1. The predicted molar refractivity (Wildman–Crippen MR) is 68.5 cm³/mol. The molecule has 1 N–H and O–H groups in total. The summed E-state index contributed by atoms with van der Waals surface area (Å²) in [5.41, 5.74) is 0. The van der Waals surface area contributed by atoms with Crippen LogP contribution in [0.1, 0.15) is 24.4 Å². The van der Waals surface area contributed by atoms with Gasteiger partial charge in [0.1, 0.15) is 11.4 Å². The zero-order valence-electron chi connectivity index (χ0n) is 10.8. The Labute approximate surface area is 126 Å². The van der Waals surface area contributed by atoms with Gasteiger partial charge in [-0.05, 0) is 29.8 Å². The quantitative estimate of drug-likeness (QED) is 0.830. The number of alkyl halides is 3. The zero-order valence-corrected chi connectivity index (χ0v) is 13.2. The Hall–Kier alpha value is -1.07. The van der Waals surface area contributed by atoms with Gasteiger partial charge in [0, 0.05) is 12.1 Å². The molecule has 120 valence electrons. The average molecular weight is 394 g/mol. The van der Waals surface area contributed by atoms with E-state index < -0.39 is 50.1 Å². The lowest BCUT2D eigenvalue weighted by molar-refractivity contribution is -0.138. The van der Waals surface area contributed by atoms with E-state index in [2.05, 4.69) is 20.3 Å². The predicted octanol–water partition coefficient (Wildman–Crippen LogP) is 2.70. The molecule has 1 aromatic heterocycles. The van der Waals surface area contributed by atoms with Crippen molar-refractivity contribution < 1.29 is 35.9 Å². The molecule has 0 radical (unpaired) electrons. The summed E-state index contributed by atoms with van der Waals surface area (Å²) in [7, 11) is -4.57. The maximum Gasteiger partial charge on any atom is 0.402 e. The van der Waals surface area contributed by atoms with Crippen LogP contribution in [0.4, 0.5) is 13.2 Å². The van der Waals surface area contributed by atoms with Crippen LogP contribution in [0.5, 0.6) is 0 Å². The standard InChI is InChI=1S/C10H11BrF3NO5S/c1-5(2)15(4-10(12,13)14)21(18,19)7-3-6(9(16)17)20-8(7)11/h3,5H,4H2,1-2H3,(H,16,17). The van der Waals surface area contributed by atoms with Crippen LogP contribution in [-0.4, -0.2) is 42.6 Å². The Morgan fingerprint density at radius 2 is 2.00 bits per heavy atom. The second-order valence-corrected chi connectivity index (χ2v) is 6.89. The number of carboxylic acids is 1. The molecule has 21 heavy (non-hydrogen) atoms. The summed E-state index contributed by atoms with van der Waals surface area (Å²) in [6, 6.07) is -0.320. The lowest BCUT2D eigenvalue weighted by Crippen LogP contribution is -2.43. The molecule has 0 aliphatic heterocycles. The van der Waals surface area contributed by atoms with Crippen molar-refractivity contribution in [1.29, 1.82) is 0 Å². The van der Waals surface area contributed by atoms with Gasteiger partial charge in [-0.15, -0.1) is 0 Å². The summed E-state index contributed by atoms with van der Waals surface area (Å²) in [5, 5.41) is 8.72. The number of halogens is 4. The monoisotopic (exact) mass is 393 g/mol. The van der Waals surface area contributed by atoms with Gasteiger partial charge in [-0.2, -0.15) is 17.5 Å². The first-order chi connectivity index (χ1) is 9.36. The summed E-state index contributed by atoms with van der Waals surface area (Å²) in [4.78, 5) is 10.1. The normalized spacial score (nSPS) is 13.1. The van der Waals surface area contributed by atoms with E-state index in [-0.39, 0.29) is 4.31 Å². The number of rotatable bonds is 5. The second kappa shape index (κ2) is 5.97. The van der Waals surface area contributed by atoms with E-state index >= 15 is 0 Å². The maximum absolute atomic E-state index is 12.5. The van der Waals surface area contributed by atoms with Crippen molar-refractivity contribution in [2.24, 2.45) is 0 Å². The molecule has 0 fully saturated rings. The van der Waals surface area contributed by atoms with E-state index in [4.69, 9.17) is 5.11 Å². The molecular weight excluding hydrogens is 383 g/mol. The first kappa shape index (κ1) is 18.0. The molecule has 0 unspecified atom stereocenters. The molecule has 0 aromatic carbocycles. The van der Waals surface area contributed by atoms with Crippen LogP contribution < -0.4 is 0 Å². The van der Waals surface area contributed by atoms with E-state index in [0.717, 1.165) is 0 Å². The second-order valence-electron chi connectivity index (χ2n) is 4.31. The summed E-state index contributed by atoms with van der Waals surface area (Å²) in [6.07, 6.45) is -4.73. The van der Waals surface area contributed by atoms with Gasteiger partial charge < -0.3 is 9.52 Å². The average Bonchev–Trinajstić information content (AvgIpc) is 2.67. The molecule has 11 heteroatoms. The number of hydrogen-bond acceptors (Lipinski definition) is 4. The van der Waals surface area contributed by atoms with Gasteiger partial charge in [0.05, 0.1) is 0 Å². The molecule has 6 nitrogen and oxygen atoms in total. The van der Waals surface area contributed by atoms with Gasteiger partial charge in [-0.3, -0.25) is 0 Å². The smallest absolute Gasteiger partial charge is 0.402 e. The van der Waals surface area contributed by atoms with Crippen molar-refractivity contribution in [3.05, 3.63) is 16.5 Å². The molecule has 0 aliphatic carbocycles. The van der Waals surface area contributed by atoms with Gasteiger partial charge in [0.15, 0.2) is 4.67 Å². The Balaban J connectivity index is 3.33. The number of sulfonamides is 1. The number of carbonyl (C=O) groups is 1. The molecule has 1 heterocycles. The summed E-state index contributed by atoms with van der Waals surface area (Å²) < 4.78 is 66.4. The molecular formula is C10H11BrF3NO5S. The van der Waals surface area contributed by atoms with Crippen LogP contribution in [0.2, 0.25) is 0 Å². The van der Waals surface area contributed by atoms with Gasteiger partial charge in [-0.25, -0.2) is 13.2 Å². The summed E-state index contributed by atoms with van der Waals surface area (Å²) in [5.74, 6) is -2.24. The largest absolute Gasteiger partial charge is 0.475 e. The van der Waals surface area contributed by atoms with Crippen molar-refractivity contribution in [3.8, 4) is 0 Å². The third-order valence-corrected chi connectivity index (χ3v) is 5.24. The zero-order chi connectivity index (χ0) is 16.6. The highest BCUT2D eigenvalue weighted by Gasteiger charge is 2.40. The molecule has 0 spiro atoms. The number of aromatic carboxylic acids is 1. The summed E-state index contributed by atoms with van der Waals surface area (Å²) >= 11 is 2.70. The topological polar surface area (TPSA) is 87.8 Å². The van der Waals surface area contributed by atoms with Crippen molar-refractivity contribution in [2.45, 2.75) is 31.0 Å². The minimum atomic E-state index is -4.73. The minimum absolute atomic E-state index is 0.217. The maximum atomic E-state index is 12.5. The van der Waals surface area contributed by atoms with Crippen LogP contribution in [-0.2, 0) is 10.0 Å². The van der Waals surface area contributed by atoms with Gasteiger partial charge >= 0.3 is 12.1 Å². The molecule has 0 bridgehead atoms. The number of hydrogen-bond donors (Lipinski definition) is 1.